The van der Waals surface area contributed by atoms with Crippen molar-refractivity contribution in [3.05, 3.63) is 29.0 Å². The Morgan fingerprint density at radius 3 is 2.90 bits per heavy atom. The summed E-state index contributed by atoms with van der Waals surface area (Å²) >= 11 is 1.41. The highest BCUT2D eigenvalue weighted by Gasteiger charge is 2.46. The van der Waals surface area contributed by atoms with Gasteiger partial charge in [0.05, 0.1) is 16.8 Å². The molecule has 1 fully saturated rings. The van der Waals surface area contributed by atoms with Crippen LogP contribution in [0.5, 0.6) is 0 Å². The van der Waals surface area contributed by atoms with Gasteiger partial charge in [0.1, 0.15) is 16.2 Å². The molecule has 0 aliphatic heterocycles. The number of hydrogen-bond donors (Lipinski definition) is 0. The number of benzene rings is 1. The maximum Gasteiger partial charge on any atom is 0.319 e. The number of halogens is 1. The molecule has 3 nitrogen and oxygen atoms in total. The van der Waals surface area contributed by atoms with Crippen LogP contribution in [-0.2, 0) is 14.9 Å². The van der Waals surface area contributed by atoms with E-state index in [1.807, 2.05) is 6.92 Å². The van der Waals surface area contributed by atoms with Gasteiger partial charge < -0.3 is 4.74 Å². The molecular weight excluding hydrogens is 277 g/mol. The Hall–Kier alpha value is -1.49. The van der Waals surface area contributed by atoms with E-state index in [2.05, 4.69) is 4.98 Å². The minimum Gasteiger partial charge on any atom is -0.465 e. The lowest BCUT2D eigenvalue weighted by Gasteiger charge is -2.23. The van der Waals surface area contributed by atoms with Crippen molar-refractivity contribution >= 4 is 27.5 Å². The second-order valence-corrected chi connectivity index (χ2v) is 6.17. The number of rotatable bonds is 3. The molecule has 0 unspecified atom stereocenters. The number of ether oxygens (including phenoxy) is 1. The zero-order chi connectivity index (χ0) is 14.2. The number of carbonyl (C=O) groups is 1. The summed E-state index contributed by atoms with van der Waals surface area (Å²) in [5, 5.41) is 0.772. The quantitative estimate of drug-likeness (QED) is 0.808. The normalized spacial score (nSPS) is 17.5. The summed E-state index contributed by atoms with van der Waals surface area (Å²) in [5.74, 6) is -0.457. The molecule has 0 radical (unpaired) electrons. The Kier molecular flexibility index (Phi) is 3.46. The number of hydrogen-bond acceptors (Lipinski definition) is 4. The van der Waals surface area contributed by atoms with Crippen LogP contribution < -0.4 is 0 Å². The monoisotopic (exact) mass is 293 g/mol. The van der Waals surface area contributed by atoms with Crippen LogP contribution in [0.3, 0.4) is 0 Å². The van der Waals surface area contributed by atoms with E-state index in [-0.39, 0.29) is 11.8 Å². The maximum absolute atomic E-state index is 13.3. The second-order valence-electron chi connectivity index (χ2n) is 5.14. The van der Waals surface area contributed by atoms with E-state index in [4.69, 9.17) is 4.74 Å². The molecular formula is C15H16FNO2S. The van der Waals surface area contributed by atoms with Gasteiger partial charge >= 0.3 is 5.97 Å². The summed E-state index contributed by atoms with van der Waals surface area (Å²) in [6.07, 6.45) is 3.55. The molecule has 0 atom stereocenters. The van der Waals surface area contributed by atoms with Crippen LogP contribution in [0.25, 0.3) is 10.2 Å². The number of nitrogens with zero attached hydrogens (tertiary/aromatic N) is 1. The average Bonchev–Trinajstić information content (AvgIpc) is 3.05. The summed E-state index contributed by atoms with van der Waals surface area (Å²) in [5.41, 5.74) is 0.137. The average molecular weight is 293 g/mol. The largest absolute Gasteiger partial charge is 0.465 e. The number of thiazole rings is 1. The van der Waals surface area contributed by atoms with Gasteiger partial charge in [-0.15, -0.1) is 11.3 Å². The van der Waals surface area contributed by atoms with Crippen LogP contribution in [-0.4, -0.2) is 17.6 Å². The van der Waals surface area contributed by atoms with E-state index in [9.17, 15) is 9.18 Å². The molecule has 0 saturated heterocycles. The predicted octanol–water partition coefficient (Wildman–Crippen LogP) is 3.81. The van der Waals surface area contributed by atoms with Gasteiger partial charge in [-0.2, -0.15) is 0 Å². The maximum atomic E-state index is 13.3. The minimum absolute atomic E-state index is 0.183. The third kappa shape index (κ3) is 2.10. The molecule has 0 amide bonds. The molecule has 1 aromatic carbocycles. The third-order valence-electron chi connectivity index (χ3n) is 3.88. The highest BCUT2D eigenvalue weighted by atomic mass is 32.1. The summed E-state index contributed by atoms with van der Waals surface area (Å²) in [6.45, 7) is 2.19. The molecule has 1 aromatic heterocycles. The van der Waals surface area contributed by atoms with Gasteiger partial charge in [-0.3, -0.25) is 4.79 Å². The molecule has 106 valence electrons. The van der Waals surface area contributed by atoms with Crippen LogP contribution in [0.1, 0.15) is 37.6 Å². The van der Waals surface area contributed by atoms with Gasteiger partial charge in [0.15, 0.2) is 0 Å². The fourth-order valence-electron chi connectivity index (χ4n) is 2.86. The molecule has 3 rings (SSSR count). The molecule has 0 N–H and O–H groups in total. The zero-order valence-corrected chi connectivity index (χ0v) is 12.1. The zero-order valence-electron chi connectivity index (χ0n) is 11.3. The molecule has 1 heterocycles. The van der Waals surface area contributed by atoms with Gasteiger partial charge in [-0.05, 0) is 38.0 Å². The summed E-state index contributed by atoms with van der Waals surface area (Å²) in [6, 6.07) is 4.54. The van der Waals surface area contributed by atoms with Crippen molar-refractivity contribution in [3.63, 3.8) is 0 Å². The minimum atomic E-state index is -0.615. The van der Waals surface area contributed by atoms with Crippen molar-refractivity contribution in [3.8, 4) is 0 Å². The van der Waals surface area contributed by atoms with Crippen molar-refractivity contribution in [2.45, 2.75) is 38.0 Å². The van der Waals surface area contributed by atoms with Crippen LogP contribution >= 0.6 is 11.3 Å². The SMILES string of the molecule is CCOC(=O)C1(c2nc3ccc(F)cc3s2)CCCC1. The first-order valence-corrected chi connectivity index (χ1v) is 7.71. The van der Waals surface area contributed by atoms with E-state index in [0.717, 1.165) is 40.9 Å². The third-order valence-corrected chi connectivity index (χ3v) is 5.11. The highest BCUT2D eigenvalue weighted by molar-refractivity contribution is 7.18. The van der Waals surface area contributed by atoms with E-state index in [0.29, 0.717) is 6.61 Å². The first kappa shape index (κ1) is 13.5. The molecule has 0 spiro atoms. The lowest BCUT2D eigenvalue weighted by atomic mass is 9.87. The predicted molar refractivity (Wildman–Crippen MR) is 76.4 cm³/mol. The number of fused-ring (bicyclic) bond motifs is 1. The van der Waals surface area contributed by atoms with E-state index < -0.39 is 5.41 Å². The van der Waals surface area contributed by atoms with Crippen LogP contribution in [0.15, 0.2) is 18.2 Å². The summed E-state index contributed by atoms with van der Waals surface area (Å²) in [7, 11) is 0. The molecule has 20 heavy (non-hydrogen) atoms. The summed E-state index contributed by atoms with van der Waals surface area (Å²) < 4.78 is 19.3. The molecule has 1 saturated carbocycles. The Balaban J connectivity index is 2.07. The fraction of sp³-hybridized carbons (Fsp3) is 0.467. The van der Waals surface area contributed by atoms with Crippen LogP contribution in [0.4, 0.5) is 4.39 Å². The first-order chi connectivity index (χ1) is 9.65. The second kappa shape index (κ2) is 5.13. The van der Waals surface area contributed by atoms with Gasteiger partial charge in [0, 0.05) is 0 Å². The molecule has 1 aliphatic rings. The van der Waals surface area contributed by atoms with E-state index in [1.165, 1.54) is 23.5 Å². The van der Waals surface area contributed by atoms with Gasteiger partial charge in [0.2, 0.25) is 0 Å². The van der Waals surface area contributed by atoms with Crippen molar-refractivity contribution in [2.24, 2.45) is 0 Å². The van der Waals surface area contributed by atoms with E-state index >= 15 is 0 Å². The molecule has 5 heteroatoms. The number of aromatic nitrogens is 1. The lowest BCUT2D eigenvalue weighted by molar-refractivity contribution is -0.150. The fourth-order valence-corrected chi connectivity index (χ4v) is 4.08. The van der Waals surface area contributed by atoms with Crippen molar-refractivity contribution in [2.75, 3.05) is 6.61 Å². The Morgan fingerprint density at radius 1 is 1.45 bits per heavy atom. The highest BCUT2D eigenvalue weighted by Crippen LogP contribution is 2.44. The lowest BCUT2D eigenvalue weighted by Crippen LogP contribution is -2.34. The van der Waals surface area contributed by atoms with Gasteiger partial charge in [-0.25, -0.2) is 9.37 Å². The molecule has 0 bridgehead atoms. The number of esters is 1. The van der Waals surface area contributed by atoms with Crippen molar-refractivity contribution < 1.29 is 13.9 Å². The van der Waals surface area contributed by atoms with Crippen LogP contribution in [0.2, 0.25) is 0 Å². The molecule has 1 aliphatic carbocycles. The topological polar surface area (TPSA) is 39.2 Å². The van der Waals surface area contributed by atoms with Crippen LogP contribution in [0, 0.1) is 5.82 Å². The Bertz CT molecular complexity index is 646. The smallest absolute Gasteiger partial charge is 0.319 e. The Labute approximate surface area is 120 Å². The van der Waals surface area contributed by atoms with E-state index in [1.54, 1.807) is 6.07 Å². The summed E-state index contributed by atoms with van der Waals surface area (Å²) in [4.78, 5) is 16.9. The first-order valence-electron chi connectivity index (χ1n) is 6.89. The Morgan fingerprint density at radius 2 is 2.20 bits per heavy atom. The van der Waals surface area contributed by atoms with Gasteiger partial charge in [-0.1, -0.05) is 12.8 Å². The number of carbonyl (C=O) groups excluding carboxylic acids is 1. The van der Waals surface area contributed by atoms with Gasteiger partial charge in [0.25, 0.3) is 0 Å². The molecule has 2 aromatic rings. The van der Waals surface area contributed by atoms with Crippen molar-refractivity contribution in [1.29, 1.82) is 0 Å². The van der Waals surface area contributed by atoms with Crippen molar-refractivity contribution in [1.82, 2.24) is 4.98 Å². The standard InChI is InChI=1S/C15H16FNO2S/c1-2-19-14(18)15(7-3-4-8-15)13-17-11-6-5-10(16)9-12(11)20-13/h5-6,9H,2-4,7-8H2,1H3.